The highest BCUT2D eigenvalue weighted by atomic mass is 16.5. The van der Waals surface area contributed by atoms with Gasteiger partial charge >= 0.3 is 0 Å². The summed E-state index contributed by atoms with van der Waals surface area (Å²) >= 11 is 0. The van der Waals surface area contributed by atoms with Crippen molar-refractivity contribution in [3.05, 3.63) is 30.1 Å². The molecule has 0 saturated heterocycles. The molecule has 1 aromatic rings. The first kappa shape index (κ1) is 11.1. The Hall–Kier alpha value is -1.35. The molecule has 0 aromatic carbocycles. The van der Waals surface area contributed by atoms with Gasteiger partial charge in [-0.25, -0.2) is 0 Å². The molecule has 0 fully saturated rings. The van der Waals surface area contributed by atoms with Crippen LogP contribution in [0.1, 0.15) is 31.7 Å². The first-order valence-electron chi connectivity index (χ1n) is 5.58. The highest BCUT2D eigenvalue weighted by Gasteiger charge is 2.22. The van der Waals surface area contributed by atoms with Gasteiger partial charge < -0.3 is 10.5 Å². The normalized spacial score (nSPS) is 25.1. The summed E-state index contributed by atoms with van der Waals surface area (Å²) in [6.07, 6.45) is 8.80. The SMILES string of the molecule is COc1cncc(C2=CCC(C)(N)CC2)c1. The summed E-state index contributed by atoms with van der Waals surface area (Å²) in [6, 6.07) is 2.03. The van der Waals surface area contributed by atoms with E-state index in [9.17, 15) is 0 Å². The van der Waals surface area contributed by atoms with E-state index in [4.69, 9.17) is 10.5 Å². The van der Waals surface area contributed by atoms with Gasteiger partial charge in [-0.15, -0.1) is 0 Å². The molecule has 16 heavy (non-hydrogen) atoms. The zero-order chi connectivity index (χ0) is 11.6. The second-order valence-electron chi connectivity index (χ2n) is 4.70. The van der Waals surface area contributed by atoms with Crippen molar-refractivity contribution in [2.24, 2.45) is 5.73 Å². The molecular weight excluding hydrogens is 200 g/mol. The van der Waals surface area contributed by atoms with Crippen LogP contribution in [0.3, 0.4) is 0 Å². The summed E-state index contributed by atoms with van der Waals surface area (Å²) in [4.78, 5) is 4.17. The lowest BCUT2D eigenvalue weighted by atomic mass is 9.83. The molecule has 1 aliphatic rings. The van der Waals surface area contributed by atoms with Crippen LogP contribution in [-0.4, -0.2) is 17.6 Å². The molecule has 86 valence electrons. The van der Waals surface area contributed by atoms with Crippen molar-refractivity contribution in [3.63, 3.8) is 0 Å². The number of nitrogens with two attached hydrogens (primary N) is 1. The molecule has 0 spiro atoms. The molecule has 3 nitrogen and oxygen atoms in total. The number of rotatable bonds is 2. The number of hydrogen-bond donors (Lipinski definition) is 1. The van der Waals surface area contributed by atoms with Crippen LogP contribution in [0, 0.1) is 0 Å². The van der Waals surface area contributed by atoms with Crippen LogP contribution >= 0.6 is 0 Å². The minimum absolute atomic E-state index is 0.0458. The first-order chi connectivity index (χ1) is 7.61. The highest BCUT2D eigenvalue weighted by molar-refractivity contribution is 5.66. The zero-order valence-corrected chi connectivity index (χ0v) is 9.86. The van der Waals surface area contributed by atoms with Crippen molar-refractivity contribution in [2.75, 3.05) is 7.11 Å². The van der Waals surface area contributed by atoms with Gasteiger partial charge in [0.2, 0.25) is 0 Å². The third-order valence-electron chi connectivity index (χ3n) is 3.10. The summed E-state index contributed by atoms with van der Waals surface area (Å²) in [5, 5.41) is 0. The Kier molecular flexibility index (Phi) is 2.97. The molecule has 1 aliphatic carbocycles. The third-order valence-corrected chi connectivity index (χ3v) is 3.10. The van der Waals surface area contributed by atoms with Crippen LogP contribution in [0.2, 0.25) is 0 Å². The third kappa shape index (κ3) is 2.42. The Morgan fingerprint density at radius 3 is 2.88 bits per heavy atom. The van der Waals surface area contributed by atoms with Gasteiger partial charge in [-0.3, -0.25) is 4.98 Å². The quantitative estimate of drug-likeness (QED) is 0.829. The minimum Gasteiger partial charge on any atom is -0.495 e. The summed E-state index contributed by atoms with van der Waals surface area (Å²) in [6.45, 7) is 2.10. The molecule has 1 aromatic heterocycles. The minimum atomic E-state index is -0.0458. The zero-order valence-electron chi connectivity index (χ0n) is 9.86. The Balaban J connectivity index is 2.22. The maximum atomic E-state index is 6.09. The monoisotopic (exact) mass is 218 g/mol. The van der Waals surface area contributed by atoms with E-state index in [1.54, 1.807) is 13.3 Å². The van der Waals surface area contributed by atoms with E-state index in [0.717, 1.165) is 30.6 Å². The average molecular weight is 218 g/mol. The van der Waals surface area contributed by atoms with Crippen LogP contribution < -0.4 is 10.5 Å². The fourth-order valence-corrected chi connectivity index (χ4v) is 1.95. The number of pyridine rings is 1. The summed E-state index contributed by atoms with van der Waals surface area (Å²) in [5.41, 5.74) is 8.52. The molecule has 2 rings (SSSR count). The molecule has 0 bridgehead atoms. The van der Waals surface area contributed by atoms with Gasteiger partial charge in [-0.2, -0.15) is 0 Å². The molecule has 0 aliphatic heterocycles. The van der Waals surface area contributed by atoms with E-state index in [0.29, 0.717) is 0 Å². The lowest BCUT2D eigenvalue weighted by Gasteiger charge is -2.28. The number of hydrogen-bond acceptors (Lipinski definition) is 3. The number of nitrogens with zero attached hydrogens (tertiary/aromatic N) is 1. The molecule has 3 heteroatoms. The van der Waals surface area contributed by atoms with Crippen molar-refractivity contribution in [1.29, 1.82) is 0 Å². The van der Waals surface area contributed by atoms with E-state index in [1.807, 2.05) is 12.3 Å². The van der Waals surface area contributed by atoms with E-state index in [2.05, 4.69) is 18.0 Å². The Morgan fingerprint density at radius 2 is 2.25 bits per heavy atom. The molecule has 1 heterocycles. The van der Waals surface area contributed by atoms with Crippen molar-refractivity contribution >= 4 is 5.57 Å². The predicted octanol–water partition coefficient (Wildman–Crippen LogP) is 2.37. The standard InChI is InChI=1S/C13H18N2O/c1-13(14)5-3-10(4-6-13)11-7-12(16-2)9-15-8-11/h3,7-9H,4-6,14H2,1-2H3. The molecule has 1 atom stereocenters. The van der Waals surface area contributed by atoms with Crippen LogP contribution in [0.25, 0.3) is 5.57 Å². The molecule has 0 radical (unpaired) electrons. The molecule has 0 amide bonds. The van der Waals surface area contributed by atoms with Gasteiger partial charge in [0, 0.05) is 11.7 Å². The number of ether oxygens (including phenoxy) is 1. The van der Waals surface area contributed by atoms with E-state index >= 15 is 0 Å². The summed E-state index contributed by atoms with van der Waals surface area (Å²) < 4.78 is 5.17. The number of aromatic nitrogens is 1. The van der Waals surface area contributed by atoms with Gasteiger partial charge in [0.05, 0.1) is 13.3 Å². The van der Waals surface area contributed by atoms with Crippen molar-refractivity contribution in [1.82, 2.24) is 4.98 Å². The largest absolute Gasteiger partial charge is 0.495 e. The fraction of sp³-hybridized carbons (Fsp3) is 0.462. The second-order valence-corrected chi connectivity index (χ2v) is 4.70. The van der Waals surface area contributed by atoms with Crippen LogP contribution in [0.15, 0.2) is 24.5 Å². The summed E-state index contributed by atoms with van der Waals surface area (Å²) in [5.74, 6) is 0.805. The molecule has 0 saturated carbocycles. The summed E-state index contributed by atoms with van der Waals surface area (Å²) in [7, 11) is 1.66. The molecule has 1 unspecified atom stereocenters. The predicted molar refractivity (Wildman–Crippen MR) is 65.2 cm³/mol. The smallest absolute Gasteiger partial charge is 0.137 e. The Morgan fingerprint density at radius 1 is 1.44 bits per heavy atom. The highest BCUT2D eigenvalue weighted by Crippen LogP contribution is 2.31. The van der Waals surface area contributed by atoms with Crippen molar-refractivity contribution in [2.45, 2.75) is 31.7 Å². The topological polar surface area (TPSA) is 48.1 Å². The van der Waals surface area contributed by atoms with Crippen LogP contribution in [0.4, 0.5) is 0 Å². The average Bonchev–Trinajstić information content (AvgIpc) is 2.29. The maximum Gasteiger partial charge on any atom is 0.137 e. The van der Waals surface area contributed by atoms with Crippen molar-refractivity contribution < 1.29 is 4.74 Å². The lowest BCUT2D eigenvalue weighted by molar-refractivity contribution is 0.412. The fourth-order valence-electron chi connectivity index (χ4n) is 1.95. The number of methoxy groups -OCH3 is 1. The van der Waals surface area contributed by atoms with Gasteiger partial charge in [0.15, 0.2) is 0 Å². The lowest BCUT2D eigenvalue weighted by Crippen LogP contribution is -2.37. The second kappa shape index (κ2) is 4.26. The molecule has 2 N–H and O–H groups in total. The van der Waals surface area contributed by atoms with E-state index in [1.165, 1.54) is 5.57 Å². The maximum absolute atomic E-state index is 6.09. The first-order valence-corrected chi connectivity index (χ1v) is 5.58. The van der Waals surface area contributed by atoms with Crippen molar-refractivity contribution in [3.8, 4) is 5.75 Å². The van der Waals surface area contributed by atoms with E-state index in [-0.39, 0.29) is 5.54 Å². The number of allylic oxidation sites excluding steroid dienone is 1. The van der Waals surface area contributed by atoms with Gasteiger partial charge in [0.25, 0.3) is 0 Å². The van der Waals surface area contributed by atoms with Crippen LogP contribution in [0.5, 0.6) is 5.75 Å². The van der Waals surface area contributed by atoms with E-state index < -0.39 is 0 Å². The van der Waals surface area contributed by atoms with Gasteiger partial charge in [-0.1, -0.05) is 6.08 Å². The van der Waals surface area contributed by atoms with Crippen LogP contribution in [-0.2, 0) is 0 Å². The van der Waals surface area contributed by atoms with Gasteiger partial charge in [-0.05, 0) is 43.4 Å². The molecular formula is C13H18N2O. The Bertz CT molecular complexity index is 410. The van der Waals surface area contributed by atoms with Gasteiger partial charge in [0.1, 0.15) is 5.75 Å². The Labute approximate surface area is 96.3 Å².